The van der Waals surface area contributed by atoms with Crippen LogP contribution in [0.2, 0.25) is 0 Å². The average Bonchev–Trinajstić information content (AvgIpc) is 3.03. The molecule has 7 heteroatoms. The van der Waals surface area contributed by atoms with Crippen LogP contribution in [0.15, 0.2) is 46.8 Å². The van der Waals surface area contributed by atoms with Crippen molar-refractivity contribution in [3.63, 3.8) is 0 Å². The SMILES string of the molecule is CN=C(NCCCNC(=O)c1ccccc1)NCc1sccc1C.I. The highest BCUT2D eigenvalue weighted by Crippen LogP contribution is 2.14. The Hall–Kier alpha value is -1.61. The van der Waals surface area contributed by atoms with E-state index in [-0.39, 0.29) is 29.9 Å². The summed E-state index contributed by atoms with van der Waals surface area (Å²) in [5, 5.41) is 11.6. The molecule has 0 unspecified atom stereocenters. The molecule has 25 heavy (non-hydrogen) atoms. The molecule has 1 aromatic heterocycles. The zero-order valence-corrected chi connectivity index (χ0v) is 17.7. The van der Waals surface area contributed by atoms with E-state index in [1.54, 1.807) is 18.4 Å². The number of hydrogen-bond acceptors (Lipinski definition) is 3. The van der Waals surface area contributed by atoms with Gasteiger partial charge in [-0.15, -0.1) is 35.3 Å². The molecule has 0 aliphatic heterocycles. The highest BCUT2D eigenvalue weighted by atomic mass is 127. The van der Waals surface area contributed by atoms with Gasteiger partial charge < -0.3 is 16.0 Å². The maximum absolute atomic E-state index is 11.9. The average molecular weight is 472 g/mol. The van der Waals surface area contributed by atoms with Gasteiger partial charge in [-0.05, 0) is 42.5 Å². The molecule has 0 aliphatic carbocycles. The standard InChI is InChI=1S/C18H24N4OS.HI/c1-14-9-12-24-16(14)13-22-18(19-2)21-11-6-10-20-17(23)15-7-4-3-5-8-15;/h3-5,7-9,12H,6,10-11,13H2,1-2H3,(H,20,23)(H2,19,21,22);1H. The van der Waals surface area contributed by atoms with Crippen LogP contribution in [0.3, 0.4) is 0 Å². The molecule has 136 valence electrons. The molecule has 5 nitrogen and oxygen atoms in total. The highest BCUT2D eigenvalue weighted by Gasteiger charge is 2.04. The summed E-state index contributed by atoms with van der Waals surface area (Å²) in [6.07, 6.45) is 0.831. The first kappa shape index (κ1) is 21.4. The van der Waals surface area contributed by atoms with Gasteiger partial charge >= 0.3 is 0 Å². The minimum absolute atomic E-state index is 0. The molecule has 1 aromatic carbocycles. The summed E-state index contributed by atoms with van der Waals surface area (Å²) in [6.45, 7) is 4.26. The van der Waals surface area contributed by atoms with E-state index in [1.807, 2.05) is 30.3 Å². The maximum atomic E-state index is 11.9. The topological polar surface area (TPSA) is 65.5 Å². The number of aryl methyl sites for hydroxylation is 1. The van der Waals surface area contributed by atoms with E-state index in [0.29, 0.717) is 12.1 Å². The van der Waals surface area contributed by atoms with Crippen LogP contribution in [0.5, 0.6) is 0 Å². The molecule has 2 rings (SSSR count). The van der Waals surface area contributed by atoms with E-state index in [9.17, 15) is 4.79 Å². The third kappa shape index (κ3) is 7.43. The van der Waals surface area contributed by atoms with Gasteiger partial charge in [-0.2, -0.15) is 0 Å². The van der Waals surface area contributed by atoms with E-state index in [4.69, 9.17) is 0 Å². The fourth-order valence-corrected chi connectivity index (χ4v) is 3.00. The van der Waals surface area contributed by atoms with Gasteiger partial charge in [0.05, 0.1) is 6.54 Å². The van der Waals surface area contributed by atoms with Gasteiger partial charge in [-0.25, -0.2) is 0 Å². The van der Waals surface area contributed by atoms with Crippen molar-refractivity contribution in [2.45, 2.75) is 19.9 Å². The van der Waals surface area contributed by atoms with E-state index in [2.05, 4.69) is 39.3 Å². The number of hydrogen-bond donors (Lipinski definition) is 3. The van der Waals surface area contributed by atoms with Gasteiger partial charge in [0.25, 0.3) is 5.91 Å². The number of carbonyl (C=O) groups excluding carboxylic acids is 1. The first-order chi connectivity index (χ1) is 11.7. The van der Waals surface area contributed by atoms with Crippen LogP contribution in [-0.2, 0) is 6.54 Å². The number of guanidine groups is 1. The van der Waals surface area contributed by atoms with Crippen molar-refractivity contribution >= 4 is 47.2 Å². The summed E-state index contributed by atoms with van der Waals surface area (Å²) in [5.74, 6) is 0.739. The maximum Gasteiger partial charge on any atom is 0.251 e. The fourth-order valence-electron chi connectivity index (χ4n) is 2.16. The molecule has 0 spiro atoms. The molecule has 0 bridgehead atoms. The predicted octanol–water partition coefficient (Wildman–Crippen LogP) is 3.16. The molecule has 0 fully saturated rings. The first-order valence-corrected chi connectivity index (χ1v) is 8.89. The summed E-state index contributed by atoms with van der Waals surface area (Å²) in [7, 11) is 1.76. The van der Waals surface area contributed by atoms with Crippen molar-refractivity contribution in [2.24, 2.45) is 4.99 Å². The van der Waals surface area contributed by atoms with Crippen molar-refractivity contribution < 1.29 is 4.79 Å². The van der Waals surface area contributed by atoms with E-state index >= 15 is 0 Å². The zero-order valence-electron chi connectivity index (χ0n) is 14.5. The quantitative estimate of drug-likeness (QED) is 0.251. The van der Waals surface area contributed by atoms with Crippen molar-refractivity contribution in [1.82, 2.24) is 16.0 Å². The Morgan fingerprint density at radius 1 is 1.08 bits per heavy atom. The molecule has 0 radical (unpaired) electrons. The number of aliphatic imine (C=N–C) groups is 1. The lowest BCUT2D eigenvalue weighted by Crippen LogP contribution is -2.38. The summed E-state index contributed by atoms with van der Waals surface area (Å²) in [6, 6.07) is 11.4. The monoisotopic (exact) mass is 472 g/mol. The second-order valence-corrected chi connectivity index (χ2v) is 6.36. The molecule has 3 N–H and O–H groups in total. The second-order valence-electron chi connectivity index (χ2n) is 5.35. The lowest BCUT2D eigenvalue weighted by Gasteiger charge is -2.12. The van der Waals surface area contributed by atoms with Crippen molar-refractivity contribution in [3.8, 4) is 0 Å². The Bertz CT molecular complexity index is 673. The van der Waals surface area contributed by atoms with Gasteiger partial charge in [0.2, 0.25) is 0 Å². The van der Waals surface area contributed by atoms with Crippen LogP contribution in [0.25, 0.3) is 0 Å². The predicted molar refractivity (Wildman–Crippen MR) is 116 cm³/mol. The van der Waals surface area contributed by atoms with Crippen molar-refractivity contribution in [1.29, 1.82) is 0 Å². The smallest absolute Gasteiger partial charge is 0.251 e. The fraction of sp³-hybridized carbons (Fsp3) is 0.333. The van der Waals surface area contributed by atoms with Crippen LogP contribution < -0.4 is 16.0 Å². The minimum atomic E-state index is -0.0359. The third-order valence-corrected chi connectivity index (χ3v) is 4.60. The number of amides is 1. The number of halogens is 1. The molecule has 0 aliphatic rings. The number of nitrogens with one attached hydrogen (secondary N) is 3. The van der Waals surface area contributed by atoms with Crippen LogP contribution in [0, 0.1) is 6.92 Å². The molecular weight excluding hydrogens is 447 g/mol. The summed E-state index contributed by atoms with van der Waals surface area (Å²) in [5.41, 5.74) is 1.99. The van der Waals surface area contributed by atoms with E-state index < -0.39 is 0 Å². The highest BCUT2D eigenvalue weighted by molar-refractivity contribution is 14.0. The van der Waals surface area contributed by atoms with Crippen molar-refractivity contribution in [2.75, 3.05) is 20.1 Å². The molecule has 1 heterocycles. The van der Waals surface area contributed by atoms with Crippen LogP contribution in [0.1, 0.15) is 27.2 Å². The number of nitrogens with zero attached hydrogens (tertiary/aromatic N) is 1. The van der Waals surface area contributed by atoms with Crippen LogP contribution in [-0.4, -0.2) is 32.0 Å². The molecule has 0 saturated carbocycles. The van der Waals surface area contributed by atoms with Gasteiger partial charge in [0.15, 0.2) is 5.96 Å². The molecule has 0 atom stereocenters. The third-order valence-electron chi connectivity index (χ3n) is 3.58. The zero-order chi connectivity index (χ0) is 17.2. The molecule has 0 saturated heterocycles. The molecule has 2 aromatic rings. The Kier molecular flexibility index (Phi) is 10.2. The lowest BCUT2D eigenvalue weighted by molar-refractivity contribution is 0.0953. The second kappa shape index (κ2) is 11.9. The van der Waals surface area contributed by atoms with Crippen LogP contribution >= 0.6 is 35.3 Å². The normalized spacial score (nSPS) is 10.7. The number of carbonyl (C=O) groups is 1. The molecule has 1 amide bonds. The lowest BCUT2D eigenvalue weighted by atomic mass is 10.2. The number of benzene rings is 1. The Morgan fingerprint density at radius 3 is 2.44 bits per heavy atom. The van der Waals surface area contributed by atoms with Crippen LogP contribution in [0.4, 0.5) is 0 Å². The van der Waals surface area contributed by atoms with Crippen molar-refractivity contribution in [3.05, 3.63) is 57.8 Å². The summed E-state index contributed by atoms with van der Waals surface area (Å²) >= 11 is 1.74. The molecular formula is C18H25IN4OS. The Labute approximate surface area is 170 Å². The van der Waals surface area contributed by atoms with Gasteiger partial charge in [0.1, 0.15) is 0 Å². The van der Waals surface area contributed by atoms with E-state index in [0.717, 1.165) is 25.5 Å². The largest absolute Gasteiger partial charge is 0.356 e. The first-order valence-electron chi connectivity index (χ1n) is 8.01. The number of rotatable bonds is 7. The number of thiophene rings is 1. The van der Waals surface area contributed by atoms with Gasteiger partial charge in [-0.3, -0.25) is 9.79 Å². The van der Waals surface area contributed by atoms with E-state index in [1.165, 1.54) is 10.4 Å². The van der Waals surface area contributed by atoms with Gasteiger partial charge in [-0.1, -0.05) is 18.2 Å². The minimum Gasteiger partial charge on any atom is -0.356 e. The Morgan fingerprint density at radius 2 is 1.80 bits per heavy atom. The summed E-state index contributed by atoms with van der Waals surface area (Å²) < 4.78 is 0. The Balaban J connectivity index is 0.00000312. The summed E-state index contributed by atoms with van der Waals surface area (Å²) in [4.78, 5) is 17.4. The van der Waals surface area contributed by atoms with Gasteiger partial charge in [0, 0.05) is 30.6 Å².